The van der Waals surface area contributed by atoms with Gasteiger partial charge in [0, 0.05) is 19.0 Å². The van der Waals surface area contributed by atoms with Crippen LogP contribution in [0.4, 0.5) is 5.69 Å². The highest BCUT2D eigenvalue weighted by Crippen LogP contribution is 2.33. The fourth-order valence-electron chi connectivity index (χ4n) is 3.38. The number of furan rings is 1. The molecule has 1 atom stereocenters. The molecule has 0 spiro atoms. The first-order valence-corrected chi connectivity index (χ1v) is 8.74. The number of hydrogen-bond donors (Lipinski definition) is 0. The third-order valence-electron chi connectivity index (χ3n) is 4.70. The van der Waals surface area contributed by atoms with E-state index in [1.54, 1.807) is 17.0 Å². The van der Waals surface area contributed by atoms with Gasteiger partial charge in [0.2, 0.25) is 0 Å². The number of carbonyl (C=O) groups is 1. The van der Waals surface area contributed by atoms with Crippen molar-refractivity contribution in [3.63, 3.8) is 0 Å². The van der Waals surface area contributed by atoms with E-state index in [0.717, 1.165) is 43.6 Å². The van der Waals surface area contributed by atoms with Crippen LogP contribution in [0.1, 0.15) is 60.5 Å². The number of nitro groups is 1. The first kappa shape index (κ1) is 17.2. The number of benzene rings is 1. The minimum absolute atomic E-state index is 0.140. The van der Waals surface area contributed by atoms with Crippen molar-refractivity contribution >= 4 is 11.6 Å². The summed E-state index contributed by atoms with van der Waals surface area (Å²) in [4.78, 5) is 25.7. The Morgan fingerprint density at radius 1 is 1.24 bits per heavy atom. The molecule has 1 aromatic carbocycles. The number of aryl methyl sites for hydroxylation is 1. The van der Waals surface area contributed by atoms with Crippen LogP contribution < -0.4 is 0 Å². The molecule has 0 radical (unpaired) electrons. The summed E-state index contributed by atoms with van der Waals surface area (Å²) in [5.74, 6) is 1.36. The quantitative estimate of drug-likeness (QED) is 0.605. The van der Waals surface area contributed by atoms with E-state index in [-0.39, 0.29) is 23.2 Å². The molecule has 6 heteroatoms. The molecule has 132 valence electrons. The zero-order valence-electron chi connectivity index (χ0n) is 14.3. The van der Waals surface area contributed by atoms with Gasteiger partial charge in [0.15, 0.2) is 0 Å². The Hall–Kier alpha value is -2.63. The normalized spacial score (nSPS) is 18.0. The summed E-state index contributed by atoms with van der Waals surface area (Å²) in [6.07, 6.45) is 4.55. The van der Waals surface area contributed by atoms with Crippen LogP contribution in [0.25, 0.3) is 0 Å². The Morgan fingerprint density at radius 3 is 2.76 bits per heavy atom. The monoisotopic (exact) mass is 342 g/mol. The van der Waals surface area contributed by atoms with Gasteiger partial charge in [0.25, 0.3) is 11.6 Å². The van der Waals surface area contributed by atoms with Crippen molar-refractivity contribution in [2.45, 2.75) is 45.1 Å². The molecule has 0 N–H and O–H groups in total. The van der Waals surface area contributed by atoms with E-state index < -0.39 is 4.92 Å². The molecule has 1 unspecified atom stereocenters. The molecule has 6 nitrogen and oxygen atoms in total. The molecule has 1 aromatic heterocycles. The van der Waals surface area contributed by atoms with Gasteiger partial charge in [-0.25, -0.2) is 0 Å². The Morgan fingerprint density at radius 2 is 2.04 bits per heavy atom. The summed E-state index contributed by atoms with van der Waals surface area (Å²) in [6, 6.07) is 9.84. The van der Waals surface area contributed by atoms with Crippen molar-refractivity contribution in [3.8, 4) is 0 Å². The Balaban J connectivity index is 1.96. The standard InChI is InChI=1S/C19H22N2O4/c1-2-14-11-12-18(25-14)17-10-4-3-7-13-20(17)19(22)15-8-5-6-9-16(15)21(23)24/h5-6,8-9,11-12,17H,2-4,7,10,13H2,1H3. The molecular formula is C19H22N2O4. The van der Waals surface area contributed by atoms with Gasteiger partial charge >= 0.3 is 0 Å². The smallest absolute Gasteiger partial charge is 0.282 e. The third kappa shape index (κ3) is 3.57. The average Bonchev–Trinajstić information content (AvgIpc) is 2.97. The predicted octanol–water partition coefficient (Wildman–Crippen LogP) is 4.51. The minimum Gasteiger partial charge on any atom is -0.464 e. The number of amides is 1. The molecule has 2 heterocycles. The number of rotatable bonds is 4. The largest absolute Gasteiger partial charge is 0.464 e. The maximum Gasteiger partial charge on any atom is 0.282 e. The van der Waals surface area contributed by atoms with Crippen LogP contribution in [-0.2, 0) is 6.42 Å². The van der Waals surface area contributed by atoms with Crippen LogP contribution >= 0.6 is 0 Å². The van der Waals surface area contributed by atoms with E-state index in [2.05, 4.69) is 0 Å². The van der Waals surface area contributed by atoms with Crippen molar-refractivity contribution < 1.29 is 14.1 Å². The van der Waals surface area contributed by atoms with Crippen molar-refractivity contribution in [1.29, 1.82) is 0 Å². The lowest BCUT2D eigenvalue weighted by atomic mass is 10.1. The molecule has 25 heavy (non-hydrogen) atoms. The second kappa shape index (κ2) is 7.51. The molecule has 3 rings (SSSR count). The van der Waals surface area contributed by atoms with Gasteiger partial charge in [-0.15, -0.1) is 0 Å². The summed E-state index contributed by atoms with van der Waals surface area (Å²) in [5.41, 5.74) is -0.00846. The van der Waals surface area contributed by atoms with E-state index in [0.29, 0.717) is 6.54 Å². The van der Waals surface area contributed by atoms with Gasteiger partial charge in [-0.05, 0) is 31.0 Å². The van der Waals surface area contributed by atoms with Crippen molar-refractivity contribution in [1.82, 2.24) is 4.90 Å². The van der Waals surface area contributed by atoms with Gasteiger partial charge in [-0.2, -0.15) is 0 Å². The second-order valence-corrected chi connectivity index (χ2v) is 6.30. The highest BCUT2D eigenvalue weighted by atomic mass is 16.6. The molecule has 1 saturated heterocycles. The van der Waals surface area contributed by atoms with Crippen molar-refractivity contribution in [2.75, 3.05) is 6.54 Å². The molecule has 0 saturated carbocycles. The lowest BCUT2D eigenvalue weighted by molar-refractivity contribution is -0.385. The number of likely N-dealkylation sites (tertiary alicyclic amines) is 1. The minimum atomic E-state index is -0.498. The van der Waals surface area contributed by atoms with E-state index in [9.17, 15) is 14.9 Å². The number of nitro benzene ring substituents is 1. The maximum atomic E-state index is 13.1. The van der Waals surface area contributed by atoms with E-state index in [4.69, 9.17) is 4.42 Å². The molecule has 2 aromatic rings. The summed E-state index contributed by atoms with van der Waals surface area (Å²) in [5, 5.41) is 11.3. The fraction of sp³-hybridized carbons (Fsp3) is 0.421. The predicted molar refractivity (Wildman–Crippen MR) is 93.4 cm³/mol. The number of carbonyl (C=O) groups excluding carboxylic acids is 1. The van der Waals surface area contributed by atoms with Crippen LogP contribution in [0.15, 0.2) is 40.8 Å². The molecule has 1 aliphatic rings. The van der Waals surface area contributed by atoms with Crippen LogP contribution in [0.5, 0.6) is 0 Å². The maximum absolute atomic E-state index is 13.1. The zero-order chi connectivity index (χ0) is 17.8. The molecule has 0 bridgehead atoms. The van der Waals surface area contributed by atoms with Gasteiger partial charge < -0.3 is 9.32 Å². The summed E-state index contributed by atoms with van der Waals surface area (Å²) >= 11 is 0. The molecule has 1 aliphatic heterocycles. The third-order valence-corrected chi connectivity index (χ3v) is 4.70. The summed E-state index contributed by atoms with van der Waals surface area (Å²) in [6.45, 7) is 2.60. The van der Waals surface area contributed by atoms with Crippen molar-refractivity contribution in [2.24, 2.45) is 0 Å². The first-order chi connectivity index (χ1) is 12.1. The van der Waals surface area contributed by atoms with Crippen molar-refractivity contribution in [3.05, 3.63) is 63.6 Å². The Bertz CT molecular complexity index is 768. The first-order valence-electron chi connectivity index (χ1n) is 8.74. The van der Waals surface area contributed by atoms with E-state index in [1.165, 1.54) is 12.1 Å². The summed E-state index contributed by atoms with van der Waals surface area (Å²) in [7, 11) is 0. The molecule has 0 aliphatic carbocycles. The Labute approximate surface area is 146 Å². The van der Waals surface area contributed by atoms with E-state index in [1.807, 2.05) is 19.1 Å². The van der Waals surface area contributed by atoms with Crippen LogP contribution in [0.2, 0.25) is 0 Å². The highest BCUT2D eigenvalue weighted by Gasteiger charge is 2.32. The van der Waals surface area contributed by atoms with Gasteiger partial charge in [0.05, 0.1) is 11.0 Å². The SMILES string of the molecule is CCc1ccc(C2CCCCCN2C(=O)c2ccccc2[N+](=O)[O-])o1. The van der Waals surface area contributed by atoms with Gasteiger partial charge in [-0.1, -0.05) is 31.9 Å². The lowest BCUT2D eigenvalue weighted by Crippen LogP contribution is -2.35. The summed E-state index contributed by atoms with van der Waals surface area (Å²) < 4.78 is 5.89. The van der Waals surface area contributed by atoms with Crippen LogP contribution in [0, 0.1) is 10.1 Å². The van der Waals surface area contributed by atoms with Crippen LogP contribution in [0.3, 0.4) is 0 Å². The van der Waals surface area contributed by atoms with E-state index >= 15 is 0 Å². The van der Waals surface area contributed by atoms with Gasteiger partial charge in [-0.3, -0.25) is 14.9 Å². The van der Waals surface area contributed by atoms with Gasteiger partial charge in [0.1, 0.15) is 17.1 Å². The van der Waals surface area contributed by atoms with Crippen LogP contribution in [-0.4, -0.2) is 22.3 Å². The molecule has 1 fully saturated rings. The topological polar surface area (TPSA) is 76.6 Å². The lowest BCUT2D eigenvalue weighted by Gasteiger charge is -2.28. The molecule has 1 amide bonds. The fourth-order valence-corrected chi connectivity index (χ4v) is 3.38. The number of nitrogens with zero attached hydrogens (tertiary/aromatic N) is 2. The number of para-hydroxylation sites is 1. The average molecular weight is 342 g/mol. The highest BCUT2D eigenvalue weighted by molar-refractivity contribution is 5.98. The Kier molecular flexibility index (Phi) is 5.16. The number of hydrogen-bond acceptors (Lipinski definition) is 4. The zero-order valence-corrected chi connectivity index (χ0v) is 14.3. The second-order valence-electron chi connectivity index (χ2n) is 6.30. The molecular weight excluding hydrogens is 320 g/mol.